The van der Waals surface area contributed by atoms with Gasteiger partial charge in [-0.25, -0.2) is 4.79 Å². The van der Waals surface area contributed by atoms with E-state index in [2.05, 4.69) is 5.32 Å². The fourth-order valence-electron chi connectivity index (χ4n) is 1.69. The lowest BCUT2D eigenvalue weighted by molar-refractivity contribution is 0.00227. The quantitative estimate of drug-likeness (QED) is 0.846. The highest BCUT2D eigenvalue weighted by Gasteiger charge is 2.23. The molecule has 5 nitrogen and oxygen atoms in total. The molecule has 0 saturated heterocycles. The Morgan fingerprint density at radius 3 is 2.43 bits per heavy atom. The molecule has 0 aliphatic carbocycles. The molecule has 1 amide bonds. The molecule has 0 aliphatic rings. The van der Waals surface area contributed by atoms with Gasteiger partial charge in [0.15, 0.2) is 0 Å². The first-order valence-corrected chi connectivity index (χ1v) is 7.07. The van der Waals surface area contributed by atoms with E-state index in [1.54, 1.807) is 27.7 Å². The third kappa shape index (κ3) is 7.11. The van der Waals surface area contributed by atoms with Crippen LogP contribution >= 0.6 is 0 Å². The summed E-state index contributed by atoms with van der Waals surface area (Å²) in [4.78, 5) is 11.7. The van der Waals surface area contributed by atoms with Gasteiger partial charge in [-0.15, -0.1) is 0 Å². The molecule has 2 unspecified atom stereocenters. The molecule has 0 bridgehead atoms. The Labute approximate surface area is 126 Å². The fourth-order valence-corrected chi connectivity index (χ4v) is 1.69. The minimum absolute atomic E-state index is 0.213. The zero-order valence-electron chi connectivity index (χ0n) is 13.1. The van der Waals surface area contributed by atoms with Crippen molar-refractivity contribution in [1.82, 2.24) is 5.32 Å². The van der Waals surface area contributed by atoms with Gasteiger partial charge >= 0.3 is 6.09 Å². The summed E-state index contributed by atoms with van der Waals surface area (Å²) < 4.78 is 10.8. The van der Waals surface area contributed by atoms with E-state index in [4.69, 9.17) is 9.47 Å². The van der Waals surface area contributed by atoms with Gasteiger partial charge in [-0.3, -0.25) is 0 Å². The van der Waals surface area contributed by atoms with Crippen LogP contribution < -0.4 is 5.32 Å². The fraction of sp³-hybridized carbons (Fsp3) is 0.562. The van der Waals surface area contributed by atoms with Crippen LogP contribution in [-0.4, -0.2) is 35.6 Å². The molecule has 2 N–H and O–H groups in total. The number of aliphatic hydroxyl groups excluding tert-OH is 1. The lowest BCUT2D eigenvalue weighted by Crippen LogP contribution is -2.47. The summed E-state index contributed by atoms with van der Waals surface area (Å²) in [5, 5.41) is 12.0. The number of hydrogen-bond donors (Lipinski definition) is 2. The second-order valence-electron chi connectivity index (χ2n) is 5.94. The number of nitrogens with one attached hydrogen (secondary N) is 1. The highest BCUT2D eigenvalue weighted by Crippen LogP contribution is 2.09. The zero-order valence-corrected chi connectivity index (χ0v) is 13.1. The van der Waals surface area contributed by atoms with Crippen molar-refractivity contribution < 1.29 is 19.4 Å². The largest absolute Gasteiger partial charge is 0.444 e. The summed E-state index contributed by atoms with van der Waals surface area (Å²) in [6.45, 7) is 7.38. The second-order valence-corrected chi connectivity index (χ2v) is 5.94. The Morgan fingerprint density at radius 2 is 1.90 bits per heavy atom. The van der Waals surface area contributed by atoms with Crippen LogP contribution in [0.25, 0.3) is 0 Å². The smallest absolute Gasteiger partial charge is 0.408 e. The molecule has 0 fully saturated rings. The van der Waals surface area contributed by atoms with Crippen molar-refractivity contribution >= 4 is 6.09 Å². The Balaban J connectivity index is 2.45. The number of hydrogen-bond acceptors (Lipinski definition) is 4. The first-order chi connectivity index (χ1) is 9.81. The average Bonchev–Trinajstić information content (AvgIpc) is 2.41. The normalized spacial score (nSPS) is 14.3. The van der Waals surface area contributed by atoms with E-state index >= 15 is 0 Å². The number of alkyl carbamates (subject to hydrolysis) is 1. The van der Waals surface area contributed by atoms with Gasteiger partial charge in [-0.1, -0.05) is 30.3 Å². The van der Waals surface area contributed by atoms with Gasteiger partial charge in [-0.2, -0.15) is 0 Å². The van der Waals surface area contributed by atoms with Crippen molar-refractivity contribution in [2.45, 2.75) is 52.0 Å². The van der Waals surface area contributed by atoms with Gasteiger partial charge in [0.25, 0.3) is 0 Å². The van der Waals surface area contributed by atoms with E-state index in [0.29, 0.717) is 6.61 Å². The van der Waals surface area contributed by atoms with Crippen LogP contribution in [0.1, 0.15) is 33.3 Å². The first kappa shape index (κ1) is 17.5. The van der Waals surface area contributed by atoms with Crippen LogP contribution in [0.5, 0.6) is 0 Å². The maximum absolute atomic E-state index is 11.7. The second kappa shape index (κ2) is 8.00. The lowest BCUT2D eigenvalue weighted by Gasteiger charge is -2.26. The molecule has 118 valence electrons. The molecule has 1 rings (SSSR count). The SMILES string of the molecule is CC(OCc1ccccc1)C(CO)NC(=O)OC(C)(C)C. The third-order valence-electron chi connectivity index (χ3n) is 2.82. The minimum atomic E-state index is -0.571. The number of amides is 1. The minimum Gasteiger partial charge on any atom is -0.444 e. The van der Waals surface area contributed by atoms with Gasteiger partial charge in [0.1, 0.15) is 5.60 Å². The van der Waals surface area contributed by atoms with E-state index in [9.17, 15) is 9.90 Å². The molecule has 1 aromatic rings. The molecule has 0 saturated carbocycles. The van der Waals surface area contributed by atoms with E-state index in [-0.39, 0.29) is 12.7 Å². The van der Waals surface area contributed by atoms with Crippen LogP contribution in [0.15, 0.2) is 30.3 Å². The summed E-state index contributed by atoms with van der Waals surface area (Å²) in [5.74, 6) is 0. The van der Waals surface area contributed by atoms with Crippen LogP contribution in [0.4, 0.5) is 4.79 Å². The molecule has 0 aliphatic heterocycles. The lowest BCUT2D eigenvalue weighted by atomic mass is 10.2. The molecular formula is C16H25NO4. The third-order valence-corrected chi connectivity index (χ3v) is 2.82. The maximum atomic E-state index is 11.7. The molecule has 0 aromatic heterocycles. The molecule has 2 atom stereocenters. The van der Waals surface area contributed by atoms with Crippen molar-refractivity contribution in [3.05, 3.63) is 35.9 Å². The molecule has 0 radical (unpaired) electrons. The van der Waals surface area contributed by atoms with Gasteiger partial charge in [0, 0.05) is 0 Å². The summed E-state index contributed by atoms with van der Waals surface area (Å²) in [6, 6.07) is 9.22. The number of carbonyl (C=O) groups excluding carboxylic acids is 1. The first-order valence-electron chi connectivity index (χ1n) is 7.07. The van der Waals surface area contributed by atoms with Crippen LogP contribution in [0.2, 0.25) is 0 Å². The van der Waals surface area contributed by atoms with Crippen LogP contribution in [0.3, 0.4) is 0 Å². The Bertz CT molecular complexity index is 428. The topological polar surface area (TPSA) is 67.8 Å². The molecule has 0 heterocycles. The van der Waals surface area contributed by atoms with Gasteiger partial charge in [0.2, 0.25) is 0 Å². The molecule has 0 spiro atoms. The molecule has 1 aromatic carbocycles. The molecule has 5 heteroatoms. The van der Waals surface area contributed by atoms with Gasteiger partial charge in [-0.05, 0) is 33.3 Å². The van der Waals surface area contributed by atoms with Crippen LogP contribution in [0, 0.1) is 0 Å². The van der Waals surface area contributed by atoms with Gasteiger partial charge in [0.05, 0.1) is 25.4 Å². The summed E-state index contributed by atoms with van der Waals surface area (Å²) >= 11 is 0. The van der Waals surface area contributed by atoms with Crippen molar-refractivity contribution in [2.24, 2.45) is 0 Å². The number of rotatable bonds is 6. The van der Waals surface area contributed by atoms with E-state index in [1.807, 2.05) is 30.3 Å². The monoisotopic (exact) mass is 295 g/mol. The van der Waals surface area contributed by atoms with Crippen molar-refractivity contribution in [2.75, 3.05) is 6.61 Å². The highest BCUT2D eigenvalue weighted by molar-refractivity contribution is 5.68. The summed E-state index contributed by atoms with van der Waals surface area (Å²) in [5.41, 5.74) is 0.469. The summed E-state index contributed by atoms with van der Waals surface area (Å²) in [6.07, 6.45) is -0.889. The van der Waals surface area contributed by atoms with E-state index in [1.165, 1.54) is 0 Å². The van der Waals surface area contributed by atoms with E-state index in [0.717, 1.165) is 5.56 Å². The Hall–Kier alpha value is -1.59. The van der Waals surface area contributed by atoms with Gasteiger partial charge < -0.3 is 19.9 Å². The number of benzene rings is 1. The van der Waals surface area contributed by atoms with Crippen molar-refractivity contribution in [1.29, 1.82) is 0 Å². The number of ether oxygens (including phenoxy) is 2. The molecular weight excluding hydrogens is 270 g/mol. The average molecular weight is 295 g/mol. The van der Waals surface area contributed by atoms with Crippen molar-refractivity contribution in [3.8, 4) is 0 Å². The molecule has 21 heavy (non-hydrogen) atoms. The number of aliphatic hydroxyl groups is 1. The predicted octanol–water partition coefficient (Wildman–Crippen LogP) is 2.48. The standard InChI is InChI=1S/C16H25NO4/c1-12(20-11-13-8-6-5-7-9-13)14(10-18)17-15(19)21-16(2,3)4/h5-9,12,14,18H,10-11H2,1-4H3,(H,17,19). The summed E-state index contributed by atoms with van der Waals surface area (Å²) in [7, 11) is 0. The number of carbonyl (C=O) groups is 1. The maximum Gasteiger partial charge on any atom is 0.408 e. The van der Waals surface area contributed by atoms with Crippen molar-refractivity contribution in [3.63, 3.8) is 0 Å². The predicted molar refractivity (Wildman–Crippen MR) is 80.9 cm³/mol. The van der Waals surface area contributed by atoms with Crippen LogP contribution in [-0.2, 0) is 16.1 Å². The zero-order chi connectivity index (χ0) is 15.9. The highest BCUT2D eigenvalue weighted by atomic mass is 16.6. The Morgan fingerprint density at radius 1 is 1.29 bits per heavy atom. The Kier molecular flexibility index (Phi) is 6.65. The van der Waals surface area contributed by atoms with E-state index < -0.39 is 17.7 Å².